The molecule has 8 aliphatic carbocycles. The van der Waals surface area contributed by atoms with E-state index in [9.17, 15) is 0 Å². The lowest BCUT2D eigenvalue weighted by atomic mass is 9.48. The highest BCUT2D eigenvalue weighted by Crippen LogP contribution is 2.63. The van der Waals surface area contributed by atoms with E-state index in [1.54, 1.807) is 0 Å². The van der Waals surface area contributed by atoms with Gasteiger partial charge in [0.2, 0.25) is 0 Å². The summed E-state index contributed by atoms with van der Waals surface area (Å²) in [7, 11) is 0. The first-order valence-electron chi connectivity index (χ1n) is 24.1. The summed E-state index contributed by atoms with van der Waals surface area (Å²) in [5.74, 6) is 18.8. The van der Waals surface area contributed by atoms with Gasteiger partial charge < -0.3 is 0 Å². The molecule has 0 heterocycles. The Bertz CT molecular complexity index is 1560. The standard InChI is InChI=1S/C28H40.C27H38/c1-3-5-6-24-11-13-26(14-12-24)28-20-17-27(18-21-28,19-22-28)16-15-25-9-7-23(4-2)8-10-25;1-3-5-23-10-12-25(13-11-23)27-19-16-26(17-20-27,18-21-27)15-14-24-8-6-22(4-2)7-9-24/h7-10,24,26H,3-6,11-14,17-22H2,1-2H3;6-9,23,25H,3-5,10-13,16-21H2,1-2H3. The molecule has 0 aromatic heterocycles. The zero-order chi connectivity index (χ0) is 38.2. The first kappa shape index (κ1) is 40.7. The minimum Gasteiger partial charge on any atom is -0.0911 e. The lowest BCUT2D eigenvalue weighted by Gasteiger charge is -2.56. The Kier molecular flexibility index (Phi) is 13.7. The van der Waals surface area contributed by atoms with Crippen LogP contribution in [0.3, 0.4) is 0 Å². The summed E-state index contributed by atoms with van der Waals surface area (Å²) in [4.78, 5) is 0. The van der Waals surface area contributed by atoms with Crippen LogP contribution in [-0.2, 0) is 12.8 Å². The number of unbranched alkanes of at least 4 members (excludes halogenated alkanes) is 1. The Labute approximate surface area is 339 Å². The predicted octanol–water partition coefficient (Wildman–Crippen LogP) is 15.5. The highest BCUT2D eigenvalue weighted by molar-refractivity contribution is 5.39. The van der Waals surface area contributed by atoms with Crippen LogP contribution >= 0.6 is 0 Å². The van der Waals surface area contributed by atoms with Gasteiger partial charge in [0, 0.05) is 22.0 Å². The summed E-state index contributed by atoms with van der Waals surface area (Å²) in [6, 6.07) is 17.8. The molecule has 0 saturated heterocycles. The smallest absolute Gasteiger partial charge is 0.0319 e. The number of aryl methyl sites for hydroxylation is 2. The van der Waals surface area contributed by atoms with Crippen molar-refractivity contribution < 1.29 is 0 Å². The van der Waals surface area contributed by atoms with Gasteiger partial charge in [0.15, 0.2) is 0 Å². The monoisotopic (exact) mass is 739 g/mol. The second-order valence-electron chi connectivity index (χ2n) is 20.3. The Hall–Kier alpha value is -2.44. The lowest BCUT2D eigenvalue weighted by Crippen LogP contribution is -2.45. The summed E-state index contributed by atoms with van der Waals surface area (Å²) in [5.41, 5.74) is 7.30. The van der Waals surface area contributed by atoms with Gasteiger partial charge in [-0.05, 0) is 185 Å². The average Bonchev–Trinajstić information content (AvgIpc) is 3.27. The molecule has 298 valence electrons. The number of hydrogen-bond donors (Lipinski definition) is 0. The van der Waals surface area contributed by atoms with Crippen molar-refractivity contribution in [1.29, 1.82) is 0 Å². The van der Waals surface area contributed by atoms with Gasteiger partial charge in [-0.25, -0.2) is 0 Å². The van der Waals surface area contributed by atoms with Crippen molar-refractivity contribution >= 4 is 0 Å². The number of hydrogen-bond acceptors (Lipinski definition) is 0. The van der Waals surface area contributed by atoms with E-state index in [4.69, 9.17) is 0 Å². The Balaban J connectivity index is 0.000000169. The molecule has 4 bridgehead atoms. The fourth-order valence-corrected chi connectivity index (χ4v) is 13.1. The fraction of sp³-hybridized carbons (Fsp3) is 0.709. The molecule has 8 fully saturated rings. The van der Waals surface area contributed by atoms with Gasteiger partial charge >= 0.3 is 0 Å². The van der Waals surface area contributed by atoms with Crippen molar-refractivity contribution in [1.82, 2.24) is 0 Å². The molecule has 0 unspecified atom stereocenters. The molecular weight excluding hydrogens is 661 g/mol. The Morgan fingerprint density at radius 2 is 0.800 bits per heavy atom. The van der Waals surface area contributed by atoms with Crippen molar-refractivity contribution in [2.45, 2.75) is 201 Å². The van der Waals surface area contributed by atoms with Gasteiger partial charge in [-0.1, -0.05) is 133 Å². The maximum atomic E-state index is 3.78. The summed E-state index contributed by atoms with van der Waals surface area (Å²) >= 11 is 0. The van der Waals surface area contributed by atoms with E-state index in [1.807, 2.05) is 0 Å². The van der Waals surface area contributed by atoms with E-state index in [-0.39, 0.29) is 0 Å². The van der Waals surface area contributed by atoms with Crippen LogP contribution in [0.2, 0.25) is 0 Å². The van der Waals surface area contributed by atoms with Crippen molar-refractivity contribution in [3.8, 4) is 23.7 Å². The van der Waals surface area contributed by atoms with E-state index in [0.717, 1.165) is 36.5 Å². The van der Waals surface area contributed by atoms with E-state index in [0.29, 0.717) is 21.7 Å². The minimum absolute atomic E-state index is 0.337. The lowest BCUT2D eigenvalue weighted by molar-refractivity contribution is -0.0379. The minimum atomic E-state index is 0.337. The molecule has 0 N–H and O–H groups in total. The zero-order valence-corrected chi connectivity index (χ0v) is 36.0. The Morgan fingerprint density at radius 3 is 1.13 bits per heavy atom. The van der Waals surface area contributed by atoms with Crippen LogP contribution < -0.4 is 0 Å². The van der Waals surface area contributed by atoms with Crippen LogP contribution in [0.15, 0.2) is 48.5 Å². The summed E-state index contributed by atoms with van der Waals surface area (Å²) in [5, 5.41) is 0. The van der Waals surface area contributed by atoms with Gasteiger partial charge in [-0.2, -0.15) is 0 Å². The molecule has 0 aliphatic heterocycles. The van der Waals surface area contributed by atoms with Crippen molar-refractivity contribution in [3.05, 3.63) is 70.8 Å². The van der Waals surface area contributed by atoms with Gasteiger partial charge in [0.05, 0.1) is 0 Å². The van der Waals surface area contributed by atoms with Crippen molar-refractivity contribution in [2.24, 2.45) is 45.3 Å². The maximum absolute atomic E-state index is 3.78. The van der Waals surface area contributed by atoms with E-state index >= 15 is 0 Å². The number of rotatable bonds is 9. The van der Waals surface area contributed by atoms with Gasteiger partial charge in [-0.3, -0.25) is 0 Å². The zero-order valence-electron chi connectivity index (χ0n) is 36.0. The first-order chi connectivity index (χ1) is 26.8. The molecular formula is C55H78. The Morgan fingerprint density at radius 1 is 0.436 bits per heavy atom. The number of benzene rings is 2. The largest absolute Gasteiger partial charge is 0.0911 e. The average molecular weight is 739 g/mol. The molecule has 2 aromatic rings. The molecule has 55 heavy (non-hydrogen) atoms. The third-order valence-corrected chi connectivity index (χ3v) is 17.4. The maximum Gasteiger partial charge on any atom is 0.0319 e. The third kappa shape index (κ3) is 9.65. The summed E-state index contributed by atoms with van der Waals surface area (Å²) in [6.45, 7) is 9.12. The van der Waals surface area contributed by atoms with Crippen LogP contribution in [0, 0.1) is 69.0 Å². The van der Waals surface area contributed by atoms with Crippen LogP contribution in [0.4, 0.5) is 0 Å². The summed E-state index contributed by atoms with van der Waals surface area (Å²) in [6.07, 6.45) is 38.5. The second-order valence-corrected chi connectivity index (χ2v) is 20.3. The van der Waals surface area contributed by atoms with Gasteiger partial charge in [0.25, 0.3) is 0 Å². The van der Waals surface area contributed by atoms with Crippen molar-refractivity contribution in [2.75, 3.05) is 0 Å². The molecule has 8 aliphatic rings. The SMILES string of the molecule is CCCC1CCC(C23CCC(C#Cc4ccc(CC)cc4)(CC2)CC3)CC1.CCCCC1CCC(C23CCC(C#Cc4ccc(CC)cc4)(CC2)CC3)CC1. The number of fused-ring (bicyclic) bond motifs is 6. The molecule has 0 radical (unpaired) electrons. The molecule has 8 saturated carbocycles. The summed E-state index contributed by atoms with van der Waals surface area (Å²) < 4.78 is 0. The predicted molar refractivity (Wildman–Crippen MR) is 236 cm³/mol. The third-order valence-electron chi connectivity index (χ3n) is 17.4. The molecule has 10 rings (SSSR count). The molecule has 0 atom stereocenters. The molecule has 0 amide bonds. The quantitative estimate of drug-likeness (QED) is 0.225. The first-order valence-corrected chi connectivity index (χ1v) is 24.1. The highest BCUT2D eigenvalue weighted by atomic mass is 14.6. The van der Waals surface area contributed by atoms with E-state index < -0.39 is 0 Å². The second kappa shape index (κ2) is 18.4. The van der Waals surface area contributed by atoms with Crippen LogP contribution in [0.1, 0.15) is 210 Å². The molecule has 0 heteroatoms. The van der Waals surface area contributed by atoms with Gasteiger partial charge in [-0.15, -0.1) is 0 Å². The molecule has 2 aromatic carbocycles. The van der Waals surface area contributed by atoms with E-state index in [2.05, 4.69) is 99.9 Å². The topological polar surface area (TPSA) is 0 Å². The van der Waals surface area contributed by atoms with Crippen LogP contribution in [-0.4, -0.2) is 0 Å². The fourth-order valence-electron chi connectivity index (χ4n) is 13.1. The molecule has 0 spiro atoms. The van der Waals surface area contributed by atoms with Crippen LogP contribution in [0.5, 0.6) is 0 Å². The van der Waals surface area contributed by atoms with Crippen molar-refractivity contribution in [3.63, 3.8) is 0 Å². The highest BCUT2D eigenvalue weighted by Gasteiger charge is 2.53. The molecule has 0 nitrogen and oxygen atoms in total. The van der Waals surface area contributed by atoms with Gasteiger partial charge in [0.1, 0.15) is 0 Å². The normalized spacial score (nSPS) is 35.1. The van der Waals surface area contributed by atoms with E-state index in [1.165, 1.54) is 183 Å². The van der Waals surface area contributed by atoms with Crippen LogP contribution in [0.25, 0.3) is 0 Å².